The second-order valence-electron chi connectivity index (χ2n) is 28.1. The number of hydrogen-bond acceptors (Lipinski definition) is 7. The number of alkyl halides is 1. The quantitative estimate of drug-likeness (QED) is 0.0259. The van der Waals surface area contributed by atoms with Crippen LogP contribution in [-0.2, 0) is 45.2 Å². The summed E-state index contributed by atoms with van der Waals surface area (Å²) in [6.07, 6.45) is -6.04. The molecule has 0 amide bonds. The van der Waals surface area contributed by atoms with Crippen LogP contribution in [0.5, 0.6) is 0 Å². The third-order valence-electron chi connectivity index (χ3n) is 19.0. The molecule has 0 aliphatic carbocycles. The molecule has 0 saturated heterocycles. The molecule has 15 rings (SSSR count). The maximum absolute atomic E-state index is 12.5. The molecule has 0 saturated carbocycles. The van der Waals surface area contributed by atoms with Crippen molar-refractivity contribution in [3.8, 4) is 12.1 Å². The first kappa shape index (κ1) is 126. The van der Waals surface area contributed by atoms with Crippen molar-refractivity contribution in [1.29, 1.82) is 25.4 Å². The molecule has 15 aromatic rings. The van der Waals surface area contributed by atoms with E-state index in [1.807, 2.05) is 19.1 Å². The molecule has 0 bridgehead atoms. The molecule has 1 N–H and O–H groups in total. The zero-order valence-electron chi connectivity index (χ0n) is 75.1. The summed E-state index contributed by atoms with van der Waals surface area (Å²) in [7, 11) is 59.3. The van der Waals surface area contributed by atoms with Crippen LogP contribution >= 0.6 is 76.4 Å². The summed E-state index contributed by atoms with van der Waals surface area (Å²) in [5.41, 5.74) is 3.34. The van der Waals surface area contributed by atoms with Crippen molar-refractivity contribution in [3.05, 3.63) is 481 Å². The predicted octanol–water partition coefficient (Wildman–Crippen LogP) is 14.3. The van der Waals surface area contributed by atoms with Gasteiger partial charge in [-0.25, -0.2) is 13.2 Å². The van der Waals surface area contributed by atoms with Crippen molar-refractivity contribution >= 4 is 301 Å². The predicted molar refractivity (Wildman–Crippen MR) is 604 cm³/mol. The van der Waals surface area contributed by atoms with Gasteiger partial charge in [0.25, 0.3) is 0 Å². The standard InChI is InChI=1S/4C18H15P.C8H5BrFN.C8H6FN.C7H6BrF.2CN.Al.B18.BHNS.B.HN.Pd.Zn/c4*1-4-10-16(11-5-1)19(17-12-6-2-7-13-17)18-14-8-3-9-15-18;9-4-7-3-8(10)2-1-6(7)5-11;1-6-4-8(9)3-2-7(6)5-10;1-5-4-6(9)2-3-7(5)8;2*1-2;;1-11(2)16(12(3)4)18(15(9)10)17(13(5)6)14(7)8;1-2-3;;;;/h4*1-15H;1-3H,4H2;2-4H,1H3;2-4H,1H3;;;;;3H;;1H;;/q;;;;;;;2*-1;;;;;;;+2. The van der Waals surface area contributed by atoms with Gasteiger partial charge in [-0.1, -0.05) is 396 Å². The van der Waals surface area contributed by atoms with Crippen molar-refractivity contribution in [2.24, 2.45) is 4.30 Å². The van der Waals surface area contributed by atoms with E-state index < -0.39 is 82.8 Å². The van der Waals surface area contributed by atoms with E-state index in [0.29, 0.717) is 27.6 Å². The zero-order chi connectivity index (χ0) is 97.7. The van der Waals surface area contributed by atoms with Gasteiger partial charge in [0, 0.05) is 167 Å². The molecule has 0 fully saturated rings. The number of nitrogens with one attached hydrogen (secondary N) is 1. The Balaban J connectivity index is 0.000000774. The Bertz CT molecular complexity index is 4960. The van der Waals surface area contributed by atoms with Gasteiger partial charge in [0.2, 0.25) is 0 Å². The second-order valence-corrected chi connectivity index (χ2v) is 38.6. The SMILES string of the molecule is Cc1cc(F)ccc1Br.Cc1cc(F)ccc1C#N.N#Cc1ccc(F)cc1CBr.[B].[B]=NS.[B]B([B])B(B([B])[B])B(B([B])[B])B(B([B])[B])B([B])[B].[C-]#N.[C-]#N.[NH]=[Al].[Pd].[Zn+2].c1ccc(P(c2ccccc2)c2ccccc2)cc1.c1ccc(P(c2ccccc2)c2ccccc2)cc1.c1ccc(P(c2ccccc2)c2ccccc2)cc1.c1ccc(P(c2ccccc2)c2ccccc2)cc1. The summed E-state index contributed by atoms with van der Waals surface area (Å²) in [4.78, 5) is 0. The van der Waals surface area contributed by atoms with Crippen molar-refractivity contribution in [2.45, 2.75) is 19.2 Å². The van der Waals surface area contributed by atoms with E-state index in [-0.39, 0.29) is 65.8 Å². The summed E-state index contributed by atoms with van der Waals surface area (Å²) >= 11 is 11.3. The molecule has 6 nitrogen and oxygen atoms in total. The number of halogens is 5. The van der Waals surface area contributed by atoms with Gasteiger partial charge in [-0.3, -0.25) is 0 Å². The topological polar surface area (TPSA) is 131 Å². The van der Waals surface area contributed by atoms with Crippen LogP contribution in [0.4, 0.5) is 13.2 Å². The minimum atomic E-state index is -0.853. The average molecular weight is 2120 g/mol. The first-order valence-corrected chi connectivity index (χ1v) is 49.3. The second kappa shape index (κ2) is 74.8. The van der Waals surface area contributed by atoms with Crippen LogP contribution in [0.2, 0.25) is 0 Å². The Hall–Kier alpha value is -8.20. The number of aryl methyl sites for hydroxylation is 2. The normalized spacial score (nSPS) is 9.29. The molecular formula is C97H79AlB20Br2F3N6P4PdSZn. The molecule has 0 spiro atoms. The summed E-state index contributed by atoms with van der Waals surface area (Å²) in [5, 5.41) is 46.8. The molecule has 15 aromatic carbocycles. The average Bonchev–Trinajstić information content (AvgIpc) is 0.886. The minimum Gasteiger partial charge on any atom is -0.0622 e. The number of nitriles is 2. The first-order valence-electron chi connectivity index (χ1n) is 41.0. The monoisotopic (exact) mass is 2120 g/mol. The van der Waals surface area contributed by atoms with Gasteiger partial charge in [-0.2, -0.15) is 10.5 Å². The molecule has 0 aromatic heterocycles. The van der Waals surface area contributed by atoms with Gasteiger partial charge in [-0.05, 0) is 180 Å². The molecule has 25 radical (unpaired) electrons. The van der Waals surface area contributed by atoms with Gasteiger partial charge in [0.15, 0.2) is 0 Å². The number of hydrogen-bond donors (Lipinski definition) is 2. The van der Waals surface area contributed by atoms with Crippen LogP contribution in [0, 0.1) is 82.0 Å². The molecule has 0 unspecified atom stereocenters. The van der Waals surface area contributed by atoms with E-state index in [0.717, 1.165) is 10.0 Å². The minimum absolute atomic E-state index is 0. The molecule has 633 valence electrons. The Morgan fingerprint density at radius 1 is 0.324 bits per heavy atom. The van der Waals surface area contributed by atoms with Crippen molar-refractivity contribution < 1.29 is 53.1 Å². The third kappa shape index (κ3) is 44.9. The van der Waals surface area contributed by atoms with E-state index in [4.69, 9.17) is 116 Å². The smallest absolute Gasteiger partial charge is 0.0622 e. The Kier molecular flexibility index (Phi) is 69.2. The molecule has 0 atom stereocenters. The van der Waals surface area contributed by atoms with Crippen molar-refractivity contribution in [2.75, 3.05) is 0 Å². The Morgan fingerprint density at radius 3 is 0.632 bits per heavy atom. The Morgan fingerprint density at radius 2 is 0.485 bits per heavy atom. The van der Waals surface area contributed by atoms with Crippen molar-refractivity contribution in [1.82, 2.24) is 0 Å². The van der Waals surface area contributed by atoms with Crippen LogP contribution in [0.25, 0.3) is 0 Å². The van der Waals surface area contributed by atoms with Gasteiger partial charge in [0.1, 0.15) is 17.5 Å². The van der Waals surface area contributed by atoms with Gasteiger partial charge in [0.05, 0.1) is 23.3 Å². The zero-order valence-corrected chi connectivity index (χ0v) is 88.4. The Labute approximate surface area is 887 Å². The van der Waals surface area contributed by atoms with Crippen LogP contribution in [-0.4, -0.2) is 161 Å². The van der Waals surface area contributed by atoms with Crippen LogP contribution in [0.1, 0.15) is 27.8 Å². The van der Waals surface area contributed by atoms with E-state index in [1.54, 1.807) is 29.1 Å². The van der Waals surface area contributed by atoms with Crippen LogP contribution in [0.15, 0.2) is 427 Å². The van der Waals surface area contributed by atoms with Crippen molar-refractivity contribution in [3.63, 3.8) is 0 Å². The fraction of sp³-hybridized carbons (Fsp3) is 0.0309. The fourth-order valence-electron chi connectivity index (χ4n) is 13.2. The maximum Gasteiger partial charge on any atom is 2.00 e. The third-order valence-corrected chi connectivity index (χ3v) is 30.3. The molecular weight excluding hydrogens is 2040 g/mol. The largest absolute Gasteiger partial charge is 2.00 e. The molecule has 0 aliphatic rings. The van der Waals surface area contributed by atoms with Gasteiger partial charge in [-0.15, -0.1) is 0 Å². The van der Waals surface area contributed by atoms with E-state index in [1.165, 1.54) is 112 Å². The van der Waals surface area contributed by atoms with Crippen LogP contribution in [0.3, 0.4) is 0 Å². The molecule has 39 heteroatoms. The van der Waals surface area contributed by atoms with E-state index in [2.05, 4.69) is 421 Å². The van der Waals surface area contributed by atoms with E-state index >= 15 is 0 Å². The number of rotatable bonds is 20. The van der Waals surface area contributed by atoms with Gasteiger partial charge < -0.3 is 23.7 Å². The van der Waals surface area contributed by atoms with Crippen LogP contribution < -0.4 is 63.7 Å². The molecule has 0 aliphatic heterocycles. The first-order chi connectivity index (χ1) is 64.5. The molecule has 0 heterocycles. The number of nitrogens with zero attached hydrogens (tertiary/aromatic N) is 5. The fourth-order valence-corrected chi connectivity index (χ4v) is 23.1. The summed E-state index contributed by atoms with van der Waals surface area (Å²) in [6.45, 7) is 13.1. The van der Waals surface area contributed by atoms with E-state index in [9.17, 15) is 13.2 Å². The summed E-state index contributed by atoms with van der Waals surface area (Å²) in [6, 6.07) is 146. The summed E-state index contributed by atoms with van der Waals surface area (Å²) < 4.78 is 46.6. The number of benzene rings is 15. The molecule has 136 heavy (non-hydrogen) atoms. The van der Waals surface area contributed by atoms with Gasteiger partial charge >= 0.3 is 64.7 Å². The number of thiol groups is 1. The maximum atomic E-state index is 12.5. The summed E-state index contributed by atoms with van der Waals surface area (Å²) in [5.74, 6) is -0.786.